The number of piperidine rings is 1. The van der Waals surface area contributed by atoms with Crippen LogP contribution in [-0.4, -0.2) is 64.9 Å². The third-order valence-corrected chi connectivity index (χ3v) is 6.57. The number of ether oxygens (including phenoxy) is 1. The number of methoxy groups -OCH3 is 1. The minimum absolute atomic E-state index is 0.0761. The zero-order chi connectivity index (χ0) is 30.3. The van der Waals surface area contributed by atoms with Crippen LogP contribution in [0.2, 0.25) is 0 Å². The van der Waals surface area contributed by atoms with Gasteiger partial charge in [-0.15, -0.1) is 0 Å². The number of nitrogens with two attached hydrogens (primary N) is 2. The molecule has 1 saturated heterocycles. The number of carbonyl (C=O) groups excluding carboxylic acids is 2. The summed E-state index contributed by atoms with van der Waals surface area (Å²) in [6.07, 6.45) is 2.44. The molecule has 0 saturated carbocycles. The van der Waals surface area contributed by atoms with Gasteiger partial charge in [0.2, 0.25) is 5.95 Å². The first-order valence-corrected chi connectivity index (χ1v) is 13.1. The molecule has 5 rings (SSSR count). The highest BCUT2D eigenvalue weighted by atomic mass is 19.4. The number of nitrogens with one attached hydrogen (secondary N) is 1. The molecule has 0 spiro atoms. The number of aromatic nitrogens is 4. The van der Waals surface area contributed by atoms with Crippen LogP contribution in [0.1, 0.15) is 28.8 Å². The average molecular weight is 585 g/mol. The molecule has 0 radical (unpaired) electrons. The van der Waals surface area contributed by atoms with Crippen LogP contribution in [0.25, 0.3) is 16.8 Å². The van der Waals surface area contributed by atoms with Crippen molar-refractivity contribution in [2.75, 3.05) is 49.3 Å². The summed E-state index contributed by atoms with van der Waals surface area (Å²) in [5.41, 5.74) is 12.3. The summed E-state index contributed by atoms with van der Waals surface area (Å²) in [5, 5.41) is 2.39. The highest BCUT2D eigenvalue weighted by molar-refractivity contribution is 6.04. The van der Waals surface area contributed by atoms with E-state index < -0.39 is 17.6 Å². The van der Waals surface area contributed by atoms with Crippen molar-refractivity contribution in [2.24, 2.45) is 11.7 Å². The second kappa shape index (κ2) is 13.4. The quantitative estimate of drug-likeness (QED) is 0.276. The highest BCUT2D eigenvalue weighted by Gasteiger charge is 2.31. The smallest absolute Gasteiger partial charge is 0.383 e. The van der Waals surface area contributed by atoms with Gasteiger partial charge in [0.1, 0.15) is 29.1 Å². The molecule has 1 aliphatic heterocycles. The molecule has 0 aliphatic carbocycles. The first-order valence-electron chi connectivity index (χ1n) is 13.1. The predicted molar refractivity (Wildman–Crippen MR) is 152 cm³/mol. The third-order valence-electron chi connectivity index (χ3n) is 6.57. The molecule has 0 bridgehead atoms. The Labute approximate surface area is 239 Å². The lowest BCUT2D eigenvalue weighted by Gasteiger charge is -2.30. The molecule has 1 aromatic carbocycles. The Hall–Kier alpha value is -4.56. The molecular formula is C28H31F3N8O3. The predicted octanol–water partition coefficient (Wildman–Crippen LogP) is 3.65. The van der Waals surface area contributed by atoms with E-state index in [1.807, 2.05) is 9.30 Å². The molecule has 1 atom stereocenters. The van der Waals surface area contributed by atoms with E-state index in [9.17, 15) is 22.8 Å². The summed E-state index contributed by atoms with van der Waals surface area (Å²) < 4.78 is 45.3. The number of nitrogens with zero attached hydrogens (tertiary/aromatic N) is 5. The van der Waals surface area contributed by atoms with Crippen molar-refractivity contribution in [3.63, 3.8) is 0 Å². The van der Waals surface area contributed by atoms with Gasteiger partial charge in [0.15, 0.2) is 0 Å². The maximum Gasteiger partial charge on any atom is 0.416 e. The van der Waals surface area contributed by atoms with Gasteiger partial charge in [0.25, 0.3) is 5.91 Å². The lowest BCUT2D eigenvalue weighted by atomic mass is 10.0. The van der Waals surface area contributed by atoms with Crippen LogP contribution in [0, 0.1) is 5.92 Å². The van der Waals surface area contributed by atoms with E-state index in [1.54, 1.807) is 43.8 Å². The van der Waals surface area contributed by atoms with Gasteiger partial charge >= 0.3 is 6.18 Å². The zero-order valence-electron chi connectivity index (χ0n) is 22.8. The number of hydrogen-bond acceptors (Lipinski definition) is 9. The molecular weight excluding hydrogens is 553 g/mol. The number of imidazole rings is 1. The summed E-state index contributed by atoms with van der Waals surface area (Å²) in [5.74, 6) is 0.0272. The number of anilines is 3. The molecule has 5 N–H and O–H groups in total. The van der Waals surface area contributed by atoms with Crippen LogP contribution in [0.15, 0.2) is 55.0 Å². The molecule has 14 heteroatoms. The van der Waals surface area contributed by atoms with Crippen LogP contribution in [0.5, 0.6) is 0 Å². The summed E-state index contributed by atoms with van der Waals surface area (Å²) in [7, 11) is 1.63. The number of halogens is 3. The topological polar surface area (TPSA) is 154 Å². The minimum atomic E-state index is -4.55. The second-order valence-electron chi connectivity index (χ2n) is 9.52. The highest BCUT2D eigenvalue weighted by Crippen LogP contribution is 2.33. The Morgan fingerprint density at radius 2 is 1.95 bits per heavy atom. The van der Waals surface area contributed by atoms with Crippen molar-refractivity contribution < 1.29 is 27.5 Å². The lowest BCUT2D eigenvalue weighted by molar-refractivity contribution is -0.137. The summed E-state index contributed by atoms with van der Waals surface area (Å²) in [4.78, 5) is 38.9. The molecule has 3 aromatic heterocycles. The lowest BCUT2D eigenvalue weighted by Crippen LogP contribution is -2.37. The maximum atomic E-state index is 13.0. The first-order chi connectivity index (χ1) is 20.2. The molecule has 11 nitrogen and oxygen atoms in total. The monoisotopic (exact) mass is 584 g/mol. The van der Waals surface area contributed by atoms with Crippen molar-refractivity contribution in [1.82, 2.24) is 19.4 Å². The van der Waals surface area contributed by atoms with Crippen molar-refractivity contribution in [1.29, 1.82) is 0 Å². The number of nitrogen functional groups attached to an aromatic ring is 1. The van der Waals surface area contributed by atoms with Gasteiger partial charge in [-0.2, -0.15) is 13.2 Å². The number of hydrogen-bond donors (Lipinski definition) is 3. The number of amides is 1. The van der Waals surface area contributed by atoms with Crippen molar-refractivity contribution in [2.45, 2.75) is 19.0 Å². The molecule has 1 amide bonds. The van der Waals surface area contributed by atoms with Crippen LogP contribution in [-0.2, 0) is 15.7 Å². The van der Waals surface area contributed by atoms with E-state index in [4.69, 9.17) is 16.5 Å². The van der Waals surface area contributed by atoms with E-state index in [2.05, 4.69) is 20.0 Å². The Morgan fingerprint density at radius 1 is 1.19 bits per heavy atom. The second-order valence-corrected chi connectivity index (χ2v) is 9.52. The molecule has 1 aliphatic rings. The minimum Gasteiger partial charge on any atom is -0.383 e. The van der Waals surface area contributed by atoms with Gasteiger partial charge < -0.3 is 31.2 Å². The number of rotatable bonds is 7. The Balaban J connectivity index is 0.000000748. The van der Waals surface area contributed by atoms with E-state index in [1.165, 1.54) is 0 Å². The van der Waals surface area contributed by atoms with Crippen LogP contribution < -0.4 is 21.7 Å². The summed E-state index contributed by atoms with van der Waals surface area (Å²) >= 11 is 0. The van der Waals surface area contributed by atoms with Crippen molar-refractivity contribution in [3.8, 4) is 11.3 Å². The zero-order valence-corrected chi connectivity index (χ0v) is 22.8. The fourth-order valence-electron chi connectivity index (χ4n) is 4.54. The number of alkyl halides is 3. The normalized spacial score (nSPS) is 15.2. The van der Waals surface area contributed by atoms with Crippen LogP contribution in [0.4, 0.5) is 30.8 Å². The van der Waals surface area contributed by atoms with Crippen molar-refractivity contribution in [3.05, 3.63) is 66.1 Å². The van der Waals surface area contributed by atoms with Crippen molar-refractivity contribution >= 4 is 35.3 Å². The van der Waals surface area contributed by atoms with Gasteiger partial charge in [-0.3, -0.25) is 9.20 Å². The maximum absolute atomic E-state index is 13.0. The SMILES string of the molecule is COCCN.Nc1nccn2c(N3CCCC(C=O)C3)nc(-c3ccc(C(=O)Nc4cc(C(F)(F)F)ccn4)cc3)c12. The molecule has 222 valence electrons. The average Bonchev–Trinajstić information content (AvgIpc) is 3.39. The van der Waals surface area contributed by atoms with Crippen LogP contribution >= 0.6 is 0 Å². The first kappa shape index (κ1) is 30.4. The van der Waals surface area contributed by atoms with Crippen LogP contribution in [0.3, 0.4) is 0 Å². The number of benzene rings is 1. The van der Waals surface area contributed by atoms with Gasteiger partial charge in [-0.25, -0.2) is 15.0 Å². The standard InChI is InChI=1S/C25H22F3N7O2.C3H9NO/c26-25(27,28)18-7-8-30-19(12-18)32-23(37)17-5-3-16(4-6-17)20-21-22(29)31-9-11-35(21)24(33-20)34-10-1-2-15(13-34)14-36;1-5-3-2-4/h3-9,11-12,14-15H,1-2,10,13H2,(H2,29,31)(H,30,32,37);2-4H2,1H3. The number of fused-ring (bicyclic) bond motifs is 1. The van der Waals surface area contributed by atoms with Gasteiger partial charge in [-0.05, 0) is 37.1 Å². The summed E-state index contributed by atoms with van der Waals surface area (Å²) in [6, 6.07) is 8.04. The third kappa shape index (κ3) is 7.01. The number of aldehydes is 1. The van der Waals surface area contributed by atoms with E-state index in [0.29, 0.717) is 42.4 Å². The summed E-state index contributed by atoms with van der Waals surface area (Å²) in [6.45, 7) is 2.58. The molecule has 1 fully saturated rings. The number of pyridine rings is 1. The fraction of sp³-hybridized carbons (Fsp3) is 0.321. The van der Waals surface area contributed by atoms with Gasteiger partial charge in [-0.1, -0.05) is 12.1 Å². The largest absolute Gasteiger partial charge is 0.416 e. The Morgan fingerprint density at radius 3 is 2.60 bits per heavy atom. The molecule has 42 heavy (non-hydrogen) atoms. The number of carbonyl (C=O) groups is 2. The molecule has 4 aromatic rings. The molecule has 4 heterocycles. The van der Waals surface area contributed by atoms with Gasteiger partial charge in [0.05, 0.1) is 12.2 Å². The Kier molecular flexibility index (Phi) is 9.70. The Bertz CT molecular complexity index is 1520. The van der Waals surface area contributed by atoms with Gasteiger partial charge in [0, 0.05) is 62.4 Å². The molecule has 1 unspecified atom stereocenters. The van der Waals surface area contributed by atoms with E-state index in [-0.39, 0.29) is 23.1 Å². The van der Waals surface area contributed by atoms with E-state index in [0.717, 1.165) is 44.0 Å². The fourth-order valence-corrected chi connectivity index (χ4v) is 4.54. The van der Waals surface area contributed by atoms with E-state index >= 15 is 0 Å².